The van der Waals surface area contributed by atoms with Gasteiger partial charge < -0.3 is 5.11 Å². The van der Waals surface area contributed by atoms with Gasteiger partial charge in [0.05, 0.1) is 0 Å². The maximum atomic E-state index is 12.7. The van der Waals surface area contributed by atoms with Crippen molar-refractivity contribution in [2.45, 2.75) is 44.6 Å². The van der Waals surface area contributed by atoms with Gasteiger partial charge in [0, 0.05) is 6.42 Å². The van der Waals surface area contributed by atoms with Crippen molar-refractivity contribution < 1.29 is 9.90 Å². The number of ketones is 1. The molecule has 0 atom stereocenters. The molecule has 2 aromatic rings. The van der Waals surface area contributed by atoms with Gasteiger partial charge in [-0.1, -0.05) is 92.8 Å². The van der Waals surface area contributed by atoms with E-state index >= 15 is 0 Å². The highest BCUT2D eigenvalue weighted by Gasteiger charge is 2.38. The number of benzene rings is 2. The zero-order valence-electron chi connectivity index (χ0n) is 14.2. The number of rotatable bonds is 7. The third-order valence-electron chi connectivity index (χ3n) is 4.07. The molecule has 0 bridgehead atoms. The van der Waals surface area contributed by atoms with Crippen molar-refractivity contribution in [3.8, 4) is 11.8 Å². The van der Waals surface area contributed by atoms with Crippen LogP contribution in [0.4, 0.5) is 0 Å². The number of carbonyl (C=O) groups excluding carboxylic acids is 1. The summed E-state index contributed by atoms with van der Waals surface area (Å²) in [7, 11) is 0. The Morgan fingerprint density at radius 2 is 1.46 bits per heavy atom. The normalized spacial score (nSPS) is 10.8. The molecule has 1 N–H and O–H groups in total. The minimum atomic E-state index is -1.72. The summed E-state index contributed by atoms with van der Waals surface area (Å²) in [5.41, 5.74) is -0.637. The van der Waals surface area contributed by atoms with Crippen LogP contribution >= 0.6 is 0 Å². The molecule has 0 aromatic heterocycles. The van der Waals surface area contributed by atoms with Crippen LogP contribution in [0.25, 0.3) is 0 Å². The highest BCUT2D eigenvalue weighted by molar-refractivity contribution is 6.04. The van der Waals surface area contributed by atoms with Crippen LogP contribution in [-0.2, 0) is 10.4 Å². The van der Waals surface area contributed by atoms with Crippen molar-refractivity contribution in [1.82, 2.24) is 0 Å². The Morgan fingerprint density at radius 1 is 0.917 bits per heavy atom. The van der Waals surface area contributed by atoms with Gasteiger partial charge in [-0.25, -0.2) is 0 Å². The Labute approximate surface area is 144 Å². The smallest absolute Gasteiger partial charge is 0.246 e. The van der Waals surface area contributed by atoms with Gasteiger partial charge in [0.25, 0.3) is 0 Å². The summed E-state index contributed by atoms with van der Waals surface area (Å²) < 4.78 is 0. The van der Waals surface area contributed by atoms with Crippen LogP contribution in [0.2, 0.25) is 0 Å². The van der Waals surface area contributed by atoms with Crippen LogP contribution < -0.4 is 0 Å². The van der Waals surface area contributed by atoms with E-state index in [1.54, 1.807) is 24.3 Å². The maximum absolute atomic E-state index is 12.7. The molecule has 0 spiro atoms. The summed E-state index contributed by atoms with van der Waals surface area (Å²) in [6, 6.07) is 18.0. The Hall–Kier alpha value is -2.37. The second-order valence-electron chi connectivity index (χ2n) is 5.88. The number of hydrogen-bond donors (Lipinski definition) is 1. The van der Waals surface area contributed by atoms with Crippen LogP contribution in [0.15, 0.2) is 60.7 Å². The van der Waals surface area contributed by atoms with Gasteiger partial charge in [-0.15, -0.1) is 0 Å². The maximum Gasteiger partial charge on any atom is 0.246 e. The first-order chi connectivity index (χ1) is 11.7. The average Bonchev–Trinajstić information content (AvgIpc) is 2.65. The van der Waals surface area contributed by atoms with Crippen molar-refractivity contribution in [3.05, 3.63) is 71.8 Å². The molecule has 2 aromatic carbocycles. The van der Waals surface area contributed by atoms with E-state index in [4.69, 9.17) is 0 Å². The van der Waals surface area contributed by atoms with E-state index in [0.717, 1.165) is 12.8 Å². The number of aliphatic hydroxyl groups is 1. The lowest BCUT2D eigenvalue weighted by Crippen LogP contribution is -2.36. The van der Waals surface area contributed by atoms with E-state index in [2.05, 4.69) is 18.8 Å². The van der Waals surface area contributed by atoms with E-state index in [1.165, 1.54) is 12.8 Å². The summed E-state index contributed by atoms with van der Waals surface area (Å²) in [5.74, 6) is 5.11. The predicted octanol–water partition coefficient (Wildman–Crippen LogP) is 4.47. The molecule has 0 fully saturated rings. The van der Waals surface area contributed by atoms with Gasteiger partial charge in [0.15, 0.2) is 5.60 Å². The van der Waals surface area contributed by atoms with E-state index in [1.807, 2.05) is 36.4 Å². The fourth-order valence-electron chi connectivity index (χ4n) is 2.66. The van der Waals surface area contributed by atoms with Crippen LogP contribution in [0.5, 0.6) is 0 Å². The second kappa shape index (κ2) is 9.05. The van der Waals surface area contributed by atoms with Gasteiger partial charge in [-0.2, -0.15) is 0 Å². The third-order valence-corrected chi connectivity index (χ3v) is 4.07. The molecule has 0 saturated carbocycles. The van der Waals surface area contributed by atoms with E-state index in [-0.39, 0.29) is 0 Å². The van der Waals surface area contributed by atoms with Gasteiger partial charge in [-0.3, -0.25) is 4.79 Å². The van der Waals surface area contributed by atoms with Crippen LogP contribution in [0, 0.1) is 11.8 Å². The zero-order chi connectivity index (χ0) is 17.3. The summed E-state index contributed by atoms with van der Waals surface area (Å²) >= 11 is 0. The molecular formula is C22H24O2. The zero-order valence-corrected chi connectivity index (χ0v) is 14.2. The molecule has 124 valence electrons. The summed E-state index contributed by atoms with van der Waals surface area (Å²) in [6.07, 6.45) is 5.16. The minimum Gasteiger partial charge on any atom is -0.372 e. The molecule has 0 aliphatic heterocycles. The Kier molecular flexibility index (Phi) is 6.78. The first-order valence-electron chi connectivity index (χ1n) is 8.56. The molecule has 2 rings (SSSR count). The molecule has 0 aliphatic rings. The Morgan fingerprint density at radius 3 is 1.96 bits per heavy atom. The van der Waals surface area contributed by atoms with E-state index < -0.39 is 11.4 Å². The molecule has 2 nitrogen and oxygen atoms in total. The minimum absolute atomic E-state index is 0.476. The van der Waals surface area contributed by atoms with Crippen molar-refractivity contribution in [1.29, 1.82) is 0 Å². The highest BCUT2D eigenvalue weighted by Crippen LogP contribution is 2.30. The van der Waals surface area contributed by atoms with Crippen LogP contribution in [-0.4, -0.2) is 10.9 Å². The molecule has 2 heteroatoms. The number of hydrogen-bond acceptors (Lipinski definition) is 2. The van der Waals surface area contributed by atoms with Gasteiger partial charge in [-0.05, 0) is 23.5 Å². The Bertz CT molecular complexity index is 653. The lowest BCUT2D eigenvalue weighted by Gasteiger charge is -2.25. The largest absolute Gasteiger partial charge is 0.372 e. The fraction of sp³-hybridized carbons (Fsp3) is 0.318. The highest BCUT2D eigenvalue weighted by atomic mass is 16.3. The summed E-state index contributed by atoms with van der Waals surface area (Å²) in [4.78, 5) is 12.7. The topological polar surface area (TPSA) is 37.3 Å². The predicted molar refractivity (Wildman–Crippen MR) is 97.4 cm³/mol. The fourth-order valence-corrected chi connectivity index (χ4v) is 2.66. The third kappa shape index (κ3) is 4.34. The lowest BCUT2D eigenvalue weighted by molar-refractivity contribution is -0.128. The van der Waals surface area contributed by atoms with Crippen LogP contribution in [0.1, 0.15) is 50.2 Å². The number of carbonyl (C=O) groups is 1. The summed E-state index contributed by atoms with van der Waals surface area (Å²) in [6.45, 7) is 2.16. The molecule has 0 unspecified atom stereocenters. The standard InChI is InChI=1S/C22H24O2/c1-2-3-4-5-6-13-18-21(23)22(24,19-14-9-7-10-15-19)20-16-11-8-12-17-20/h7-12,14-17,24H,2-6H2,1H3. The number of unbranched alkanes of at least 4 members (excludes halogenated alkanes) is 4. The molecule has 0 aliphatic carbocycles. The quantitative estimate of drug-likeness (QED) is 0.464. The van der Waals surface area contributed by atoms with E-state index in [0.29, 0.717) is 17.5 Å². The lowest BCUT2D eigenvalue weighted by atomic mass is 9.83. The van der Waals surface area contributed by atoms with Crippen molar-refractivity contribution in [2.75, 3.05) is 0 Å². The van der Waals surface area contributed by atoms with E-state index in [9.17, 15) is 9.90 Å². The Balaban J connectivity index is 2.24. The van der Waals surface area contributed by atoms with Gasteiger partial charge in [0.1, 0.15) is 0 Å². The molecule has 0 saturated heterocycles. The monoisotopic (exact) mass is 320 g/mol. The average molecular weight is 320 g/mol. The molecule has 0 radical (unpaired) electrons. The van der Waals surface area contributed by atoms with Crippen molar-refractivity contribution in [3.63, 3.8) is 0 Å². The molecule has 0 amide bonds. The van der Waals surface area contributed by atoms with Crippen LogP contribution in [0.3, 0.4) is 0 Å². The first kappa shape index (κ1) is 18.0. The second-order valence-corrected chi connectivity index (χ2v) is 5.88. The number of Topliss-reactive ketones (excluding diaryl/α,β-unsaturated/α-hetero) is 1. The molecule has 24 heavy (non-hydrogen) atoms. The van der Waals surface area contributed by atoms with Crippen molar-refractivity contribution in [2.24, 2.45) is 0 Å². The SMILES string of the molecule is CCCCCCC#CC(=O)C(O)(c1ccccc1)c1ccccc1. The van der Waals surface area contributed by atoms with Crippen molar-refractivity contribution >= 4 is 5.78 Å². The molecule has 0 heterocycles. The van der Waals surface area contributed by atoms with Gasteiger partial charge >= 0.3 is 0 Å². The van der Waals surface area contributed by atoms with Gasteiger partial charge in [0.2, 0.25) is 5.78 Å². The first-order valence-corrected chi connectivity index (χ1v) is 8.56. The summed E-state index contributed by atoms with van der Waals surface area (Å²) in [5, 5.41) is 11.2. The molecular weight excluding hydrogens is 296 g/mol.